The van der Waals surface area contributed by atoms with Gasteiger partial charge >= 0.3 is 0 Å². The van der Waals surface area contributed by atoms with Crippen LogP contribution < -0.4 is 17.0 Å². The van der Waals surface area contributed by atoms with E-state index in [1.165, 1.54) is 12.1 Å². The number of anilines is 2. The Morgan fingerprint density at radius 2 is 1.63 bits per heavy atom. The molecule has 9 heteroatoms. The number of nitrogens with zero attached hydrogens (tertiary/aromatic N) is 2. The first-order valence-corrected chi connectivity index (χ1v) is 9.79. The zero-order valence-electron chi connectivity index (χ0n) is 16.4. The van der Waals surface area contributed by atoms with Gasteiger partial charge in [0.1, 0.15) is 11.4 Å². The molecular formula is C21H24FN5O3. The third kappa shape index (κ3) is 3.69. The van der Waals surface area contributed by atoms with Crippen LogP contribution >= 0.6 is 0 Å². The SMILES string of the molecule is NNc1cc(-c2ccc(C(=O)N3CCN(C(=O)C4(O)CC4)CC3)cc2)c(F)cc1N. The average molecular weight is 413 g/mol. The molecule has 1 aliphatic heterocycles. The van der Waals surface area contributed by atoms with Gasteiger partial charge in [-0.3, -0.25) is 15.4 Å². The van der Waals surface area contributed by atoms with Gasteiger partial charge in [-0.25, -0.2) is 4.39 Å². The highest BCUT2D eigenvalue weighted by atomic mass is 19.1. The maximum absolute atomic E-state index is 14.3. The maximum Gasteiger partial charge on any atom is 0.254 e. The van der Waals surface area contributed by atoms with E-state index in [9.17, 15) is 19.1 Å². The van der Waals surface area contributed by atoms with Crippen molar-refractivity contribution in [3.05, 3.63) is 47.8 Å². The van der Waals surface area contributed by atoms with Gasteiger partial charge in [-0.2, -0.15) is 0 Å². The highest BCUT2D eigenvalue weighted by molar-refractivity contribution is 5.95. The van der Waals surface area contributed by atoms with Gasteiger partial charge in [0.25, 0.3) is 11.8 Å². The molecule has 1 aliphatic carbocycles. The molecule has 0 aromatic heterocycles. The molecule has 30 heavy (non-hydrogen) atoms. The van der Waals surface area contributed by atoms with Crippen LogP contribution in [-0.2, 0) is 4.79 Å². The average Bonchev–Trinajstić information content (AvgIpc) is 3.52. The lowest BCUT2D eigenvalue weighted by Gasteiger charge is -2.35. The van der Waals surface area contributed by atoms with Crippen LogP contribution in [0.1, 0.15) is 23.2 Å². The number of halogens is 1. The zero-order chi connectivity index (χ0) is 21.5. The van der Waals surface area contributed by atoms with Crippen molar-refractivity contribution < 1.29 is 19.1 Å². The Morgan fingerprint density at radius 1 is 1.03 bits per heavy atom. The van der Waals surface area contributed by atoms with Gasteiger partial charge in [0.15, 0.2) is 0 Å². The number of amides is 2. The number of carbonyl (C=O) groups excluding carboxylic acids is 2. The van der Waals surface area contributed by atoms with Crippen LogP contribution in [0.4, 0.5) is 15.8 Å². The number of piperazine rings is 1. The first-order chi connectivity index (χ1) is 14.3. The summed E-state index contributed by atoms with van der Waals surface area (Å²) in [5.41, 5.74) is 8.97. The Morgan fingerprint density at radius 3 is 2.20 bits per heavy atom. The third-order valence-corrected chi connectivity index (χ3v) is 5.71. The number of hydrogen-bond acceptors (Lipinski definition) is 6. The number of rotatable bonds is 4. The van der Waals surface area contributed by atoms with Gasteiger partial charge in [-0.15, -0.1) is 0 Å². The number of benzene rings is 2. The quantitative estimate of drug-likeness (QED) is 0.339. The number of nitrogens with two attached hydrogens (primary N) is 2. The molecule has 0 atom stereocenters. The molecule has 6 N–H and O–H groups in total. The fraction of sp³-hybridized carbons (Fsp3) is 0.333. The topological polar surface area (TPSA) is 125 Å². The number of nitrogen functional groups attached to an aromatic ring is 2. The third-order valence-electron chi connectivity index (χ3n) is 5.71. The minimum absolute atomic E-state index is 0.152. The second-order valence-corrected chi connectivity index (χ2v) is 7.76. The Kier molecular flexibility index (Phi) is 5.08. The minimum atomic E-state index is -1.18. The predicted molar refractivity (Wildman–Crippen MR) is 111 cm³/mol. The number of nitrogens with one attached hydrogen (secondary N) is 1. The summed E-state index contributed by atoms with van der Waals surface area (Å²) >= 11 is 0. The van der Waals surface area contributed by atoms with E-state index in [1.54, 1.807) is 34.1 Å². The molecule has 8 nitrogen and oxygen atoms in total. The van der Waals surface area contributed by atoms with E-state index in [0.717, 1.165) is 0 Å². The number of carbonyl (C=O) groups is 2. The predicted octanol–water partition coefficient (Wildman–Crippen LogP) is 1.17. The van der Waals surface area contributed by atoms with Crippen molar-refractivity contribution in [2.24, 2.45) is 5.84 Å². The van der Waals surface area contributed by atoms with Crippen molar-refractivity contribution >= 4 is 23.2 Å². The van der Waals surface area contributed by atoms with Gasteiger partial charge in [-0.1, -0.05) is 12.1 Å². The second kappa shape index (κ2) is 7.58. The highest BCUT2D eigenvalue weighted by Crippen LogP contribution is 2.37. The van der Waals surface area contributed by atoms with E-state index < -0.39 is 11.4 Å². The monoisotopic (exact) mass is 413 g/mol. The van der Waals surface area contributed by atoms with Crippen LogP contribution in [-0.4, -0.2) is 58.5 Å². The van der Waals surface area contributed by atoms with Gasteiger partial charge < -0.3 is 26.1 Å². The summed E-state index contributed by atoms with van der Waals surface area (Å²) in [6.07, 6.45) is 1.02. The lowest BCUT2D eigenvalue weighted by Crippen LogP contribution is -2.53. The number of hydrazine groups is 1. The van der Waals surface area contributed by atoms with Crippen molar-refractivity contribution in [2.45, 2.75) is 18.4 Å². The van der Waals surface area contributed by atoms with Crippen LogP contribution in [0.15, 0.2) is 36.4 Å². The fourth-order valence-electron chi connectivity index (χ4n) is 3.65. The molecule has 2 fully saturated rings. The van der Waals surface area contributed by atoms with Crippen LogP contribution in [0.2, 0.25) is 0 Å². The van der Waals surface area contributed by atoms with E-state index in [1.807, 2.05) is 0 Å². The molecule has 158 valence electrons. The summed E-state index contributed by atoms with van der Waals surface area (Å²) in [6, 6.07) is 9.35. The summed E-state index contributed by atoms with van der Waals surface area (Å²) in [5.74, 6) is 4.53. The molecule has 4 rings (SSSR count). The lowest BCUT2D eigenvalue weighted by atomic mass is 10.0. The molecule has 2 aromatic rings. The molecule has 2 aliphatic rings. The molecule has 1 saturated heterocycles. The van der Waals surface area contributed by atoms with E-state index >= 15 is 0 Å². The largest absolute Gasteiger partial charge is 0.397 e. The molecule has 0 bridgehead atoms. The normalized spacial score (nSPS) is 17.6. The summed E-state index contributed by atoms with van der Waals surface area (Å²) < 4.78 is 14.3. The number of aliphatic hydroxyl groups is 1. The highest BCUT2D eigenvalue weighted by Gasteiger charge is 2.50. The molecular weight excluding hydrogens is 389 g/mol. The molecule has 1 heterocycles. The maximum atomic E-state index is 14.3. The van der Waals surface area contributed by atoms with Crippen molar-refractivity contribution in [3.8, 4) is 11.1 Å². The smallest absolute Gasteiger partial charge is 0.254 e. The lowest BCUT2D eigenvalue weighted by molar-refractivity contribution is -0.143. The summed E-state index contributed by atoms with van der Waals surface area (Å²) in [7, 11) is 0. The van der Waals surface area contributed by atoms with E-state index in [2.05, 4.69) is 5.43 Å². The molecule has 2 amide bonds. The van der Waals surface area contributed by atoms with Crippen molar-refractivity contribution in [1.29, 1.82) is 0 Å². The molecule has 0 radical (unpaired) electrons. The van der Waals surface area contributed by atoms with E-state index in [0.29, 0.717) is 61.4 Å². The van der Waals surface area contributed by atoms with Gasteiger partial charge in [-0.05, 0) is 42.7 Å². The number of hydrogen-bond donors (Lipinski definition) is 4. The standard InChI is InChI=1S/C21H24FN5O3/c22-16-12-17(23)18(25-24)11-15(16)13-1-3-14(4-2-13)19(28)26-7-9-27(10-8-26)20(29)21(30)5-6-21/h1-4,11-12,25,30H,5-10,23-24H2. The first kappa shape index (κ1) is 20.1. The van der Waals surface area contributed by atoms with Gasteiger partial charge in [0.05, 0.1) is 11.4 Å². The minimum Gasteiger partial charge on any atom is -0.397 e. The Balaban J connectivity index is 1.43. The molecule has 1 saturated carbocycles. The van der Waals surface area contributed by atoms with Crippen LogP contribution in [0.3, 0.4) is 0 Å². The van der Waals surface area contributed by atoms with E-state index in [-0.39, 0.29) is 17.5 Å². The fourth-order valence-corrected chi connectivity index (χ4v) is 3.65. The summed E-state index contributed by atoms with van der Waals surface area (Å²) in [4.78, 5) is 28.3. The molecule has 2 aromatic carbocycles. The van der Waals surface area contributed by atoms with Crippen LogP contribution in [0.5, 0.6) is 0 Å². The van der Waals surface area contributed by atoms with Crippen molar-refractivity contribution in [1.82, 2.24) is 9.80 Å². The molecule has 0 spiro atoms. The Labute approximate surface area is 173 Å². The first-order valence-electron chi connectivity index (χ1n) is 9.79. The molecule has 0 unspecified atom stereocenters. The zero-order valence-corrected chi connectivity index (χ0v) is 16.4. The summed E-state index contributed by atoms with van der Waals surface area (Å²) in [6.45, 7) is 1.61. The second-order valence-electron chi connectivity index (χ2n) is 7.76. The van der Waals surface area contributed by atoms with Crippen molar-refractivity contribution in [2.75, 3.05) is 37.3 Å². The van der Waals surface area contributed by atoms with Crippen molar-refractivity contribution in [3.63, 3.8) is 0 Å². The summed E-state index contributed by atoms with van der Waals surface area (Å²) in [5, 5.41) is 9.97. The van der Waals surface area contributed by atoms with Crippen LogP contribution in [0, 0.1) is 5.82 Å². The van der Waals surface area contributed by atoms with Gasteiger partial charge in [0, 0.05) is 37.3 Å². The van der Waals surface area contributed by atoms with E-state index in [4.69, 9.17) is 11.6 Å². The van der Waals surface area contributed by atoms with Gasteiger partial charge in [0.2, 0.25) is 0 Å². The Bertz CT molecular complexity index is 983. The Hall–Kier alpha value is -3.17. The van der Waals surface area contributed by atoms with Crippen LogP contribution in [0.25, 0.3) is 11.1 Å².